The fraction of sp³-hybridized carbons (Fsp3) is 0.222. The zero-order valence-electron chi connectivity index (χ0n) is 28.7. The Morgan fingerprint density at radius 2 is 1.56 bits per heavy atom. The van der Waals surface area contributed by atoms with E-state index in [9.17, 15) is 19.5 Å². The molecule has 0 radical (unpaired) electrons. The first-order valence-corrected chi connectivity index (χ1v) is 17.7. The van der Waals surface area contributed by atoms with Crippen LogP contribution in [-0.4, -0.2) is 34.3 Å². The number of para-hydroxylation sites is 1. The highest BCUT2D eigenvalue weighted by Crippen LogP contribution is 2.64. The second kappa shape index (κ2) is 12.7. The summed E-state index contributed by atoms with van der Waals surface area (Å²) in [5.74, 6) is -5.03. The number of amides is 2. The van der Waals surface area contributed by atoms with Crippen LogP contribution in [0.4, 0.5) is 5.69 Å². The molecule has 7 heteroatoms. The van der Waals surface area contributed by atoms with Crippen molar-refractivity contribution in [3.05, 3.63) is 161 Å². The predicted molar refractivity (Wildman–Crippen MR) is 198 cm³/mol. The maximum Gasteiger partial charge on any atom is 0.238 e. The molecule has 7 nitrogen and oxygen atoms in total. The van der Waals surface area contributed by atoms with Crippen LogP contribution >= 0.6 is 0 Å². The van der Waals surface area contributed by atoms with E-state index in [-0.39, 0.29) is 47.8 Å². The molecule has 4 aliphatic rings. The van der Waals surface area contributed by atoms with Crippen LogP contribution in [0.15, 0.2) is 134 Å². The van der Waals surface area contributed by atoms with Crippen LogP contribution in [-0.2, 0) is 31.0 Å². The Morgan fingerprint density at radius 1 is 0.865 bits per heavy atom. The third-order valence-electron chi connectivity index (χ3n) is 11.7. The lowest BCUT2D eigenvalue weighted by Crippen LogP contribution is -2.58. The maximum atomic E-state index is 15.2. The van der Waals surface area contributed by atoms with E-state index in [2.05, 4.69) is 6.58 Å². The highest BCUT2D eigenvalue weighted by Gasteiger charge is 2.66. The number of carbonyl (C=O) groups is 5. The average molecular weight is 688 g/mol. The number of rotatable bonds is 7. The van der Waals surface area contributed by atoms with Gasteiger partial charge >= 0.3 is 0 Å². The molecule has 8 rings (SSSR count). The van der Waals surface area contributed by atoms with Gasteiger partial charge in [0.15, 0.2) is 17.3 Å². The van der Waals surface area contributed by atoms with E-state index in [1.165, 1.54) is 17.9 Å². The summed E-state index contributed by atoms with van der Waals surface area (Å²) in [6.07, 6.45) is 5.97. The Morgan fingerprint density at radius 3 is 2.23 bits per heavy atom. The van der Waals surface area contributed by atoms with Crippen molar-refractivity contribution >= 4 is 40.4 Å². The summed E-state index contributed by atoms with van der Waals surface area (Å²) in [6.45, 7) is 5.32. The predicted octanol–water partition coefficient (Wildman–Crippen LogP) is 7.35. The second-order valence-corrected chi connectivity index (χ2v) is 14.3. The molecule has 3 aliphatic carbocycles. The number of ketones is 3. The van der Waals surface area contributed by atoms with Crippen LogP contribution in [0, 0.1) is 23.7 Å². The summed E-state index contributed by atoms with van der Waals surface area (Å²) in [4.78, 5) is 72.2. The molecule has 2 fully saturated rings. The number of nitrogens with zero attached hydrogens (tertiary/aromatic N) is 1. The molecular weight excluding hydrogens is 650 g/mol. The molecule has 52 heavy (non-hydrogen) atoms. The smallest absolute Gasteiger partial charge is 0.238 e. The van der Waals surface area contributed by atoms with E-state index in [1.54, 1.807) is 30.3 Å². The van der Waals surface area contributed by atoms with Crippen LogP contribution in [0.25, 0.3) is 5.57 Å². The second-order valence-electron chi connectivity index (χ2n) is 14.3. The molecule has 258 valence electrons. The van der Waals surface area contributed by atoms with Gasteiger partial charge in [-0.05, 0) is 79.1 Å². The maximum absolute atomic E-state index is 15.2. The molecule has 0 unspecified atom stereocenters. The third-order valence-corrected chi connectivity index (χ3v) is 11.7. The quantitative estimate of drug-likeness (QED) is 0.124. The van der Waals surface area contributed by atoms with Crippen LogP contribution in [0.3, 0.4) is 0 Å². The van der Waals surface area contributed by atoms with E-state index in [0.29, 0.717) is 45.5 Å². The van der Waals surface area contributed by atoms with Crippen molar-refractivity contribution in [2.24, 2.45) is 23.7 Å². The van der Waals surface area contributed by atoms with Crippen LogP contribution in [0.5, 0.6) is 5.75 Å². The first-order chi connectivity index (χ1) is 25.2. The van der Waals surface area contributed by atoms with Crippen molar-refractivity contribution in [1.29, 1.82) is 0 Å². The fourth-order valence-electron chi connectivity index (χ4n) is 9.48. The molecule has 2 amide bonds. The molecule has 1 saturated carbocycles. The molecule has 0 aromatic heterocycles. The minimum atomic E-state index is -1.44. The lowest BCUT2D eigenvalue weighted by atomic mass is 9.44. The van der Waals surface area contributed by atoms with E-state index in [4.69, 9.17) is 0 Å². The van der Waals surface area contributed by atoms with E-state index in [0.717, 1.165) is 5.57 Å². The van der Waals surface area contributed by atoms with E-state index in [1.807, 2.05) is 84.9 Å². The van der Waals surface area contributed by atoms with E-state index < -0.39 is 35.0 Å². The van der Waals surface area contributed by atoms with E-state index >= 15 is 9.59 Å². The number of benzene rings is 4. The number of anilines is 1. The zero-order chi connectivity index (χ0) is 36.3. The first-order valence-electron chi connectivity index (χ1n) is 17.7. The highest BCUT2D eigenvalue weighted by atomic mass is 16.3. The minimum Gasteiger partial charge on any atom is -0.507 e. The van der Waals surface area contributed by atoms with Gasteiger partial charge in [-0.25, -0.2) is 0 Å². The van der Waals surface area contributed by atoms with Gasteiger partial charge in [0.1, 0.15) is 5.75 Å². The summed E-state index contributed by atoms with van der Waals surface area (Å²) in [6, 6.07) is 30.4. The Balaban J connectivity index is 1.35. The molecule has 1 N–H and O–H groups in total. The SMILES string of the molecule is C=CCc1cccc([C@H]2C3=CC[C@@H]4C(=O)N(c5ccc(C(C)=O)cc5)C(=O)[C@@H]4[C@@H]3C[C@H]3C(=O)C(c4ccccc4)=CC(=O)[C@@]23c2ccccc2)c1O. The average Bonchev–Trinajstić information content (AvgIpc) is 3.42. The zero-order valence-corrected chi connectivity index (χ0v) is 28.7. The molecule has 1 heterocycles. The number of phenolic OH excluding ortho intramolecular Hbond substituents is 1. The summed E-state index contributed by atoms with van der Waals surface area (Å²) in [7, 11) is 0. The molecule has 0 bridgehead atoms. The van der Waals surface area contributed by atoms with Gasteiger partial charge in [-0.15, -0.1) is 6.58 Å². The lowest BCUT2D eigenvalue weighted by Gasteiger charge is -2.55. The molecule has 1 saturated heterocycles. The first kappa shape index (κ1) is 33.2. The van der Waals surface area contributed by atoms with Gasteiger partial charge in [0.05, 0.1) is 22.9 Å². The number of carbonyl (C=O) groups excluding carboxylic acids is 5. The Labute approximate surface area is 302 Å². The van der Waals surface area contributed by atoms with Gasteiger partial charge in [0.2, 0.25) is 11.8 Å². The molecule has 6 atom stereocenters. The van der Waals surface area contributed by atoms with Gasteiger partial charge in [0, 0.05) is 28.5 Å². The normalized spacial score (nSPS) is 26.6. The Kier molecular flexibility index (Phi) is 8.09. The van der Waals surface area contributed by atoms with Gasteiger partial charge < -0.3 is 5.11 Å². The number of imide groups is 1. The number of Topliss-reactive ketones (excluding diaryl/α,β-unsaturated/α-hetero) is 2. The summed E-state index contributed by atoms with van der Waals surface area (Å²) in [5, 5.41) is 12.0. The third kappa shape index (κ3) is 4.83. The number of fused-ring (bicyclic) bond motifs is 4. The lowest BCUT2D eigenvalue weighted by molar-refractivity contribution is -0.135. The summed E-state index contributed by atoms with van der Waals surface area (Å²) >= 11 is 0. The highest BCUT2D eigenvalue weighted by molar-refractivity contribution is 6.32. The topological polar surface area (TPSA) is 109 Å². The number of allylic oxidation sites excluding steroid dienone is 5. The number of hydrogen-bond acceptors (Lipinski definition) is 6. The van der Waals surface area contributed by atoms with Crippen molar-refractivity contribution in [2.75, 3.05) is 4.90 Å². The van der Waals surface area contributed by atoms with Crippen molar-refractivity contribution < 1.29 is 29.1 Å². The van der Waals surface area contributed by atoms with Crippen molar-refractivity contribution in [3.8, 4) is 5.75 Å². The van der Waals surface area contributed by atoms with Crippen LogP contribution in [0.2, 0.25) is 0 Å². The Bertz CT molecular complexity index is 2230. The summed E-state index contributed by atoms with van der Waals surface area (Å²) in [5.41, 5.74) is 2.91. The molecule has 4 aromatic carbocycles. The summed E-state index contributed by atoms with van der Waals surface area (Å²) < 4.78 is 0. The standard InChI is InChI=1S/C45H37NO6/c1-3-11-29-14-10-17-34(41(29)49)40-32-22-23-33-39(44(52)46(43(33)51)31-20-18-27(19-21-31)26(2)47)36(32)24-37-42(50)35(28-12-6-4-7-13-28)25-38(48)45(37,40)30-15-8-5-9-16-30/h3-10,12-22,25,33,36-37,39-40,49H,1,11,23-24H2,2H3/t33-,36+,37-,39-,40+,45-/m0/s1. The monoisotopic (exact) mass is 687 g/mol. The van der Waals surface area contributed by atoms with Crippen molar-refractivity contribution in [2.45, 2.75) is 37.5 Å². The fourth-order valence-corrected chi connectivity index (χ4v) is 9.48. The number of hydrogen-bond donors (Lipinski definition) is 1. The van der Waals surface area contributed by atoms with Crippen LogP contribution in [0.1, 0.15) is 58.3 Å². The largest absolute Gasteiger partial charge is 0.507 e. The van der Waals surface area contributed by atoms with Gasteiger partial charge in [-0.1, -0.05) is 96.6 Å². The molecular formula is C45H37NO6. The number of phenols is 1. The molecule has 1 aliphatic heterocycles. The van der Waals surface area contributed by atoms with Gasteiger partial charge in [0.25, 0.3) is 0 Å². The van der Waals surface area contributed by atoms with Crippen LogP contribution < -0.4 is 4.90 Å². The molecule has 4 aromatic rings. The molecule has 0 spiro atoms. The van der Waals surface area contributed by atoms with Crippen molar-refractivity contribution in [1.82, 2.24) is 0 Å². The Hall–Kier alpha value is -5.95. The number of aromatic hydroxyl groups is 1. The van der Waals surface area contributed by atoms with Gasteiger partial charge in [-0.2, -0.15) is 0 Å². The minimum absolute atomic E-state index is 0.0178. The van der Waals surface area contributed by atoms with Gasteiger partial charge in [-0.3, -0.25) is 28.9 Å². The van der Waals surface area contributed by atoms with Crippen molar-refractivity contribution in [3.63, 3.8) is 0 Å².